The number of hydrogen-bond donors (Lipinski definition) is 0. The van der Waals surface area contributed by atoms with Crippen LogP contribution in [0, 0.1) is 5.82 Å². The van der Waals surface area contributed by atoms with Gasteiger partial charge in [-0.1, -0.05) is 12.1 Å². The minimum absolute atomic E-state index is 0.189. The van der Waals surface area contributed by atoms with Gasteiger partial charge in [0.05, 0.1) is 36.7 Å². The third kappa shape index (κ3) is 4.98. The first-order valence-corrected chi connectivity index (χ1v) is 10.0. The molecular weight excluding hydrogens is 401 g/mol. The summed E-state index contributed by atoms with van der Waals surface area (Å²) in [5.41, 5.74) is 0.713. The van der Waals surface area contributed by atoms with E-state index in [1.165, 1.54) is 24.3 Å². The number of carbonyl (C=O) groups is 1. The molecule has 0 saturated carbocycles. The number of hydrogen-bond acceptors (Lipinski definition) is 5. The van der Waals surface area contributed by atoms with Crippen molar-refractivity contribution in [2.45, 2.75) is 19.5 Å². The summed E-state index contributed by atoms with van der Waals surface area (Å²) in [7, 11) is 3.11. The molecule has 0 radical (unpaired) electrons. The summed E-state index contributed by atoms with van der Waals surface area (Å²) in [6, 6.07) is 11.9. The van der Waals surface area contributed by atoms with Crippen molar-refractivity contribution in [1.29, 1.82) is 0 Å². The molecular formula is C23H26FN3O4. The fourth-order valence-electron chi connectivity index (χ4n) is 3.46. The normalized spacial score (nSPS) is 12.1. The molecule has 0 aliphatic rings. The highest BCUT2D eigenvalue weighted by Crippen LogP contribution is 2.22. The zero-order valence-electron chi connectivity index (χ0n) is 17.9. The smallest absolute Gasteiger partial charge is 0.261 e. The molecule has 0 N–H and O–H groups in total. The fourth-order valence-corrected chi connectivity index (χ4v) is 3.46. The second kappa shape index (κ2) is 10.3. The van der Waals surface area contributed by atoms with Gasteiger partial charge >= 0.3 is 0 Å². The van der Waals surface area contributed by atoms with E-state index in [0.29, 0.717) is 42.0 Å². The van der Waals surface area contributed by atoms with Crippen LogP contribution in [0.2, 0.25) is 0 Å². The van der Waals surface area contributed by atoms with Crippen LogP contribution in [-0.2, 0) is 16.0 Å². The van der Waals surface area contributed by atoms with Gasteiger partial charge in [0.15, 0.2) is 0 Å². The van der Waals surface area contributed by atoms with Crippen LogP contribution < -0.4 is 5.56 Å². The first-order valence-electron chi connectivity index (χ1n) is 10.0. The molecule has 8 heteroatoms. The molecule has 164 valence electrons. The Morgan fingerprint density at radius 3 is 2.45 bits per heavy atom. The Kier molecular flexibility index (Phi) is 7.49. The first-order chi connectivity index (χ1) is 15.0. The molecule has 0 spiro atoms. The van der Waals surface area contributed by atoms with Crippen molar-refractivity contribution >= 4 is 16.8 Å². The number of para-hydroxylation sites is 1. The number of carbonyl (C=O) groups excluding carboxylic acids is 1. The van der Waals surface area contributed by atoms with Crippen molar-refractivity contribution in [3.05, 3.63) is 76.1 Å². The average Bonchev–Trinajstić information content (AvgIpc) is 2.78. The minimum Gasteiger partial charge on any atom is -0.383 e. The maximum atomic E-state index is 13.3. The van der Waals surface area contributed by atoms with E-state index < -0.39 is 11.9 Å². The number of ether oxygens (including phenoxy) is 2. The maximum Gasteiger partial charge on any atom is 0.261 e. The minimum atomic E-state index is -0.540. The standard InChI is InChI=1S/C23H26FN3O4/c1-16(26(12-14-30-2)22(28)17-8-10-18(24)11-9-17)21-25-20-7-5-4-6-19(20)23(29)27(21)13-15-31-3/h4-11,16H,12-15H2,1-3H3. The Morgan fingerprint density at radius 2 is 1.77 bits per heavy atom. The van der Waals surface area contributed by atoms with Gasteiger partial charge in [0, 0.05) is 26.3 Å². The molecule has 1 atom stereocenters. The van der Waals surface area contributed by atoms with E-state index in [1.807, 2.05) is 13.0 Å². The molecule has 0 saturated heterocycles. The molecule has 3 aromatic rings. The fraction of sp³-hybridized carbons (Fsp3) is 0.348. The van der Waals surface area contributed by atoms with Gasteiger partial charge in [0.25, 0.3) is 11.5 Å². The van der Waals surface area contributed by atoms with Gasteiger partial charge in [-0.25, -0.2) is 9.37 Å². The molecule has 3 rings (SSSR count). The SMILES string of the molecule is COCCN(C(=O)c1ccc(F)cc1)C(C)c1nc2ccccc2c(=O)n1CCOC. The number of benzene rings is 2. The van der Waals surface area contributed by atoms with Gasteiger partial charge < -0.3 is 14.4 Å². The lowest BCUT2D eigenvalue weighted by atomic mass is 10.1. The number of fused-ring (bicyclic) bond motifs is 1. The van der Waals surface area contributed by atoms with Crippen LogP contribution in [0.5, 0.6) is 0 Å². The largest absolute Gasteiger partial charge is 0.383 e. The Hall–Kier alpha value is -3.10. The number of aromatic nitrogens is 2. The molecule has 0 aliphatic carbocycles. The van der Waals surface area contributed by atoms with Crippen LogP contribution in [0.25, 0.3) is 10.9 Å². The quantitative estimate of drug-likeness (QED) is 0.525. The highest BCUT2D eigenvalue weighted by atomic mass is 19.1. The summed E-state index contributed by atoms with van der Waals surface area (Å²) in [5, 5.41) is 0.503. The molecule has 31 heavy (non-hydrogen) atoms. The van der Waals surface area contributed by atoms with E-state index in [9.17, 15) is 14.0 Å². The third-order valence-electron chi connectivity index (χ3n) is 5.14. The molecule has 1 aromatic heterocycles. The van der Waals surface area contributed by atoms with Gasteiger partial charge in [0.1, 0.15) is 11.6 Å². The van der Waals surface area contributed by atoms with E-state index >= 15 is 0 Å². The Balaban J connectivity index is 2.09. The molecule has 0 aliphatic heterocycles. The molecule has 2 aromatic carbocycles. The lowest BCUT2D eigenvalue weighted by Crippen LogP contribution is -2.40. The lowest BCUT2D eigenvalue weighted by molar-refractivity contribution is 0.0601. The van der Waals surface area contributed by atoms with E-state index in [2.05, 4.69) is 0 Å². The first kappa shape index (κ1) is 22.6. The number of amides is 1. The van der Waals surface area contributed by atoms with Crippen molar-refractivity contribution < 1.29 is 18.7 Å². The maximum absolute atomic E-state index is 13.3. The number of nitrogens with zero attached hydrogens (tertiary/aromatic N) is 3. The van der Waals surface area contributed by atoms with Gasteiger partial charge in [-0.05, 0) is 43.3 Å². The van der Waals surface area contributed by atoms with Crippen molar-refractivity contribution in [3.63, 3.8) is 0 Å². The average molecular weight is 427 g/mol. The van der Waals surface area contributed by atoms with Gasteiger partial charge in [0.2, 0.25) is 0 Å². The van der Waals surface area contributed by atoms with Gasteiger partial charge in [-0.3, -0.25) is 14.2 Å². The monoisotopic (exact) mass is 427 g/mol. The topological polar surface area (TPSA) is 73.7 Å². The van der Waals surface area contributed by atoms with Crippen LogP contribution in [0.4, 0.5) is 4.39 Å². The third-order valence-corrected chi connectivity index (χ3v) is 5.14. The highest BCUT2D eigenvalue weighted by molar-refractivity contribution is 5.94. The van der Waals surface area contributed by atoms with E-state index in [0.717, 1.165) is 0 Å². The van der Waals surface area contributed by atoms with Crippen LogP contribution in [0.1, 0.15) is 29.1 Å². The second-order valence-corrected chi connectivity index (χ2v) is 7.11. The number of halogens is 1. The van der Waals surface area contributed by atoms with Crippen molar-refractivity contribution in [2.24, 2.45) is 0 Å². The molecule has 1 heterocycles. The molecule has 7 nitrogen and oxygen atoms in total. The molecule has 0 bridgehead atoms. The van der Waals surface area contributed by atoms with Gasteiger partial charge in [-0.15, -0.1) is 0 Å². The van der Waals surface area contributed by atoms with Crippen LogP contribution >= 0.6 is 0 Å². The lowest BCUT2D eigenvalue weighted by Gasteiger charge is -2.30. The van der Waals surface area contributed by atoms with Crippen LogP contribution in [-0.4, -0.2) is 54.3 Å². The van der Waals surface area contributed by atoms with Crippen molar-refractivity contribution in [3.8, 4) is 0 Å². The predicted octanol–water partition coefficient (Wildman–Crippen LogP) is 3.03. The summed E-state index contributed by atoms with van der Waals surface area (Å²) in [5.74, 6) is -0.268. The molecule has 1 amide bonds. The van der Waals surface area contributed by atoms with Gasteiger partial charge in [-0.2, -0.15) is 0 Å². The van der Waals surface area contributed by atoms with Crippen LogP contribution in [0.3, 0.4) is 0 Å². The number of rotatable bonds is 9. The van der Waals surface area contributed by atoms with E-state index in [-0.39, 0.29) is 18.0 Å². The van der Waals surface area contributed by atoms with E-state index in [4.69, 9.17) is 14.5 Å². The predicted molar refractivity (Wildman–Crippen MR) is 116 cm³/mol. The zero-order chi connectivity index (χ0) is 22.4. The Bertz CT molecular complexity index is 1100. The summed E-state index contributed by atoms with van der Waals surface area (Å²) >= 11 is 0. The van der Waals surface area contributed by atoms with E-state index in [1.54, 1.807) is 41.9 Å². The number of methoxy groups -OCH3 is 2. The second-order valence-electron chi connectivity index (χ2n) is 7.11. The zero-order valence-corrected chi connectivity index (χ0v) is 17.9. The Labute approximate surface area is 180 Å². The molecule has 0 fully saturated rings. The van der Waals surface area contributed by atoms with Crippen LogP contribution in [0.15, 0.2) is 53.3 Å². The van der Waals surface area contributed by atoms with Crippen molar-refractivity contribution in [2.75, 3.05) is 34.0 Å². The summed E-state index contributed by atoms with van der Waals surface area (Å²) in [4.78, 5) is 32.7. The highest BCUT2D eigenvalue weighted by Gasteiger charge is 2.27. The summed E-state index contributed by atoms with van der Waals surface area (Å²) in [6.45, 7) is 3.02. The molecule has 1 unspecified atom stereocenters. The summed E-state index contributed by atoms with van der Waals surface area (Å²) < 4.78 is 25.3. The van der Waals surface area contributed by atoms with Crippen molar-refractivity contribution in [1.82, 2.24) is 14.5 Å². The Morgan fingerprint density at radius 1 is 1.10 bits per heavy atom. The summed E-state index contributed by atoms with van der Waals surface area (Å²) in [6.07, 6.45) is 0.